The van der Waals surface area contributed by atoms with Gasteiger partial charge in [0.15, 0.2) is 0 Å². The Balaban J connectivity index is 1.91. The number of halogens is 1. The van der Waals surface area contributed by atoms with E-state index in [0.717, 1.165) is 24.8 Å². The van der Waals surface area contributed by atoms with Crippen molar-refractivity contribution in [2.24, 2.45) is 5.41 Å². The SMILES string of the molecule is Cc1cc(F)ccc1C12CC(CO)(C1)C2. The van der Waals surface area contributed by atoms with Crippen molar-refractivity contribution in [2.45, 2.75) is 31.6 Å². The van der Waals surface area contributed by atoms with E-state index in [9.17, 15) is 9.50 Å². The predicted octanol–water partition coefficient (Wildman–Crippen LogP) is 2.55. The minimum Gasteiger partial charge on any atom is -0.396 e. The molecule has 1 aromatic carbocycles. The molecule has 3 aliphatic carbocycles. The van der Waals surface area contributed by atoms with E-state index < -0.39 is 0 Å². The fourth-order valence-electron chi connectivity index (χ4n) is 3.67. The minimum atomic E-state index is -0.153. The number of benzene rings is 1. The van der Waals surface area contributed by atoms with Crippen molar-refractivity contribution in [3.8, 4) is 0 Å². The van der Waals surface area contributed by atoms with Crippen molar-refractivity contribution in [1.29, 1.82) is 0 Å². The average molecular weight is 206 g/mol. The highest BCUT2D eigenvalue weighted by molar-refractivity contribution is 5.43. The van der Waals surface area contributed by atoms with Crippen LogP contribution < -0.4 is 0 Å². The first-order valence-corrected chi connectivity index (χ1v) is 5.47. The summed E-state index contributed by atoms with van der Waals surface area (Å²) >= 11 is 0. The smallest absolute Gasteiger partial charge is 0.123 e. The number of hydrogen-bond donors (Lipinski definition) is 1. The van der Waals surface area contributed by atoms with Gasteiger partial charge in [-0.15, -0.1) is 0 Å². The Kier molecular flexibility index (Phi) is 1.63. The molecular weight excluding hydrogens is 191 g/mol. The van der Waals surface area contributed by atoms with Crippen molar-refractivity contribution in [2.75, 3.05) is 6.61 Å². The zero-order chi connectivity index (χ0) is 10.7. The third-order valence-electron chi connectivity index (χ3n) is 4.24. The molecule has 0 amide bonds. The fraction of sp³-hybridized carbons (Fsp3) is 0.538. The van der Waals surface area contributed by atoms with E-state index in [0.29, 0.717) is 6.61 Å². The van der Waals surface area contributed by atoms with Gasteiger partial charge in [-0.1, -0.05) is 6.07 Å². The van der Waals surface area contributed by atoms with Gasteiger partial charge in [0.25, 0.3) is 0 Å². The second-order valence-electron chi connectivity index (χ2n) is 5.43. The Morgan fingerprint density at radius 1 is 1.33 bits per heavy atom. The summed E-state index contributed by atoms with van der Waals surface area (Å²) in [5, 5.41) is 9.20. The van der Waals surface area contributed by atoms with E-state index in [2.05, 4.69) is 0 Å². The predicted molar refractivity (Wildman–Crippen MR) is 56.2 cm³/mol. The third-order valence-corrected chi connectivity index (χ3v) is 4.24. The fourth-order valence-corrected chi connectivity index (χ4v) is 3.67. The normalized spacial score (nSPS) is 37.0. The van der Waals surface area contributed by atoms with Crippen LogP contribution in [-0.2, 0) is 5.41 Å². The molecule has 0 spiro atoms. The van der Waals surface area contributed by atoms with Gasteiger partial charge in [0.2, 0.25) is 0 Å². The lowest BCUT2D eigenvalue weighted by Crippen LogP contribution is -2.66. The second-order valence-corrected chi connectivity index (χ2v) is 5.43. The summed E-state index contributed by atoms with van der Waals surface area (Å²) in [5.41, 5.74) is 2.85. The van der Waals surface area contributed by atoms with Gasteiger partial charge in [-0.25, -0.2) is 4.39 Å². The van der Waals surface area contributed by atoms with Gasteiger partial charge in [-0.05, 0) is 60.3 Å². The van der Waals surface area contributed by atoms with Gasteiger partial charge >= 0.3 is 0 Å². The van der Waals surface area contributed by atoms with Crippen LogP contribution in [0, 0.1) is 18.2 Å². The quantitative estimate of drug-likeness (QED) is 0.788. The molecule has 2 heteroatoms. The highest BCUT2D eigenvalue weighted by Gasteiger charge is 2.67. The van der Waals surface area contributed by atoms with Gasteiger partial charge in [-0.2, -0.15) is 0 Å². The summed E-state index contributed by atoms with van der Waals surface area (Å²) in [6, 6.07) is 5.08. The van der Waals surface area contributed by atoms with E-state index in [1.807, 2.05) is 13.0 Å². The molecule has 3 aliphatic rings. The number of aliphatic hydroxyl groups excluding tert-OH is 1. The molecule has 3 saturated carbocycles. The van der Waals surface area contributed by atoms with Gasteiger partial charge in [0.1, 0.15) is 5.82 Å². The van der Waals surface area contributed by atoms with E-state index in [-0.39, 0.29) is 16.6 Å². The molecular formula is C13H15FO. The molecule has 0 saturated heterocycles. The van der Waals surface area contributed by atoms with Gasteiger partial charge < -0.3 is 5.11 Å². The van der Waals surface area contributed by atoms with Crippen molar-refractivity contribution in [1.82, 2.24) is 0 Å². The summed E-state index contributed by atoms with van der Waals surface area (Å²) < 4.78 is 13.0. The van der Waals surface area contributed by atoms with Gasteiger partial charge in [-0.3, -0.25) is 0 Å². The zero-order valence-electron chi connectivity index (χ0n) is 8.89. The Morgan fingerprint density at radius 2 is 2.00 bits per heavy atom. The molecule has 1 N–H and O–H groups in total. The highest BCUT2D eigenvalue weighted by Crippen LogP contribution is 2.73. The molecule has 0 unspecified atom stereocenters. The molecule has 0 aromatic heterocycles. The molecule has 1 aromatic rings. The zero-order valence-corrected chi connectivity index (χ0v) is 8.89. The van der Waals surface area contributed by atoms with Crippen LogP contribution >= 0.6 is 0 Å². The van der Waals surface area contributed by atoms with Crippen molar-refractivity contribution in [3.63, 3.8) is 0 Å². The van der Waals surface area contributed by atoms with Crippen molar-refractivity contribution in [3.05, 3.63) is 35.1 Å². The van der Waals surface area contributed by atoms with Crippen LogP contribution in [0.1, 0.15) is 30.4 Å². The summed E-state index contributed by atoms with van der Waals surface area (Å²) in [7, 11) is 0. The lowest BCUT2D eigenvalue weighted by atomic mass is 9.33. The lowest BCUT2D eigenvalue weighted by molar-refractivity contribution is -0.168. The topological polar surface area (TPSA) is 20.2 Å². The first-order valence-electron chi connectivity index (χ1n) is 5.47. The monoisotopic (exact) mass is 206 g/mol. The van der Waals surface area contributed by atoms with Crippen LogP contribution in [-0.4, -0.2) is 11.7 Å². The highest BCUT2D eigenvalue weighted by atomic mass is 19.1. The van der Waals surface area contributed by atoms with E-state index in [1.165, 1.54) is 5.56 Å². The molecule has 2 bridgehead atoms. The molecule has 0 atom stereocenters. The maximum absolute atomic E-state index is 13.0. The van der Waals surface area contributed by atoms with E-state index in [1.54, 1.807) is 12.1 Å². The first kappa shape index (κ1) is 9.34. The Morgan fingerprint density at radius 3 is 2.53 bits per heavy atom. The van der Waals surface area contributed by atoms with Crippen LogP contribution in [0.4, 0.5) is 4.39 Å². The summed E-state index contributed by atoms with van der Waals surface area (Å²) in [6.07, 6.45) is 3.26. The Bertz CT molecular complexity index is 405. The van der Waals surface area contributed by atoms with Crippen molar-refractivity contribution >= 4 is 0 Å². The second kappa shape index (κ2) is 2.62. The van der Waals surface area contributed by atoms with Crippen LogP contribution in [0.25, 0.3) is 0 Å². The Labute approximate surface area is 88.9 Å². The molecule has 3 fully saturated rings. The van der Waals surface area contributed by atoms with E-state index >= 15 is 0 Å². The maximum Gasteiger partial charge on any atom is 0.123 e. The Hall–Kier alpha value is -0.890. The van der Waals surface area contributed by atoms with Crippen LogP contribution in [0.3, 0.4) is 0 Å². The average Bonchev–Trinajstić information content (AvgIpc) is 2.04. The number of rotatable bonds is 2. The molecule has 0 heterocycles. The minimum absolute atomic E-state index is 0.153. The standard InChI is InChI=1S/C13H15FO/c1-9-4-10(14)2-3-11(9)13-5-12(6-13,7-13)8-15/h2-4,15H,5-8H2,1H3. The summed E-state index contributed by atoms with van der Waals surface area (Å²) in [6.45, 7) is 2.29. The molecule has 1 nitrogen and oxygen atoms in total. The molecule has 15 heavy (non-hydrogen) atoms. The van der Waals surface area contributed by atoms with Crippen LogP contribution in [0.5, 0.6) is 0 Å². The van der Waals surface area contributed by atoms with Crippen molar-refractivity contribution < 1.29 is 9.50 Å². The third kappa shape index (κ3) is 1.06. The molecule has 4 rings (SSSR count). The number of aliphatic hydroxyl groups is 1. The molecule has 0 radical (unpaired) electrons. The largest absolute Gasteiger partial charge is 0.396 e. The van der Waals surface area contributed by atoms with Gasteiger partial charge in [0, 0.05) is 6.61 Å². The van der Waals surface area contributed by atoms with Crippen LogP contribution in [0.2, 0.25) is 0 Å². The number of aryl methyl sites for hydroxylation is 1. The molecule has 0 aliphatic heterocycles. The van der Waals surface area contributed by atoms with E-state index in [4.69, 9.17) is 0 Å². The van der Waals surface area contributed by atoms with Gasteiger partial charge in [0.05, 0.1) is 0 Å². The lowest BCUT2D eigenvalue weighted by Gasteiger charge is -2.71. The summed E-state index contributed by atoms with van der Waals surface area (Å²) in [5.74, 6) is -0.153. The number of hydrogen-bond acceptors (Lipinski definition) is 1. The van der Waals surface area contributed by atoms with Crippen LogP contribution in [0.15, 0.2) is 18.2 Å². The summed E-state index contributed by atoms with van der Waals surface area (Å²) in [4.78, 5) is 0. The maximum atomic E-state index is 13.0. The first-order chi connectivity index (χ1) is 7.09. The molecule has 80 valence electrons.